The van der Waals surface area contributed by atoms with E-state index in [9.17, 15) is 4.79 Å². The largest absolute Gasteiger partial charge is 0.461 e. The second kappa shape index (κ2) is 7.59. The third-order valence-corrected chi connectivity index (χ3v) is 1.53. The van der Waals surface area contributed by atoms with Gasteiger partial charge in [-0.2, -0.15) is 0 Å². The summed E-state index contributed by atoms with van der Waals surface area (Å²) >= 11 is 5.80. The van der Waals surface area contributed by atoms with E-state index in [-0.39, 0.29) is 12.0 Å². The van der Waals surface area contributed by atoms with E-state index in [0.29, 0.717) is 18.8 Å². The minimum atomic E-state index is -0.431. The zero-order chi connectivity index (χ0) is 11.0. The molecule has 80 valence electrons. The Bertz CT molecular complexity index is 213. The summed E-state index contributed by atoms with van der Waals surface area (Å²) in [4.78, 5) is 10.9. The van der Waals surface area contributed by atoms with E-state index in [2.05, 4.69) is 13.2 Å². The third-order valence-electron chi connectivity index (χ3n) is 1.28. The number of rotatable bonds is 7. The number of alkyl halides is 1. The van der Waals surface area contributed by atoms with Crippen LogP contribution in [0.2, 0.25) is 0 Å². The van der Waals surface area contributed by atoms with Crippen LogP contribution in [0.15, 0.2) is 24.8 Å². The molecular weight excluding hydrogens is 204 g/mol. The quantitative estimate of drug-likeness (QED) is 0.215. The van der Waals surface area contributed by atoms with Crippen molar-refractivity contribution in [2.24, 2.45) is 0 Å². The van der Waals surface area contributed by atoms with Crippen LogP contribution in [0.5, 0.6) is 0 Å². The van der Waals surface area contributed by atoms with Crippen LogP contribution < -0.4 is 0 Å². The lowest BCUT2D eigenvalue weighted by Gasteiger charge is -2.09. The van der Waals surface area contributed by atoms with Crippen molar-refractivity contribution in [3.05, 3.63) is 24.8 Å². The summed E-state index contributed by atoms with van der Waals surface area (Å²) < 4.78 is 9.89. The van der Waals surface area contributed by atoms with Gasteiger partial charge in [-0.3, -0.25) is 0 Å². The number of esters is 1. The summed E-state index contributed by atoms with van der Waals surface area (Å²) in [6.07, 6.45) is 1.63. The molecule has 3 nitrogen and oxygen atoms in total. The molecule has 4 heteroatoms. The van der Waals surface area contributed by atoms with E-state index in [1.54, 1.807) is 13.0 Å². The molecule has 1 atom stereocenters. The molecule has 0 fully saturated rings. The van der Waals surface area contributed by atoms with E-state index >= 15 is 0 Å². The summed E-state index contributed by atoms with van der Waals surface area (Å²) in [7, 11) is 0. The minimum Gasteiger partial charge on any atom is -0.461 e. The third kappa shape index (κ3) is 6.69. The maximum atomic E-state index is 10.9. The molecule has 0 aliphatic heterocycles. The Morgan fingerprint density at radius 1 is 1.57 bits per heavy atom. The van der Waals surface area contributed by atoms with Crippen LogP contribution in [0.4, 0.5) is 0 Å². The lowest BCUT2D eigenvalue weighted by Crippen LogP contribution is -2.19. The Kier molecular flexibility index (Phi) is 7.16. The van der Waals surface area contributed by atoms with E-state index < -0.39 is 5.97 Å². The maximum absolute atomic E-state index is 10.9. The van der Waals surface area contributed by atoms with Crippen LogP contribution in [0.25, 0.3) is 0 Å². The predicted octanol–water partition coefficient (Wildman–Crippen LogP) is 1.92. The number of halogens is 1. The highest BCUT2D eigenvalue weighted by molar-refractivity contribution is 6.20. The van der Waals surface area contributed by atoms with Gasteiger partial charge in [-0.15, -0.1) is 18.2 Å². The molecule has 0 heterocycles. The zero-order valence-corrected chi connectivity index (χ0v) is 9.05. The number of ether oxygens (including phenoxy) is 2. The van der Waals surface area contributed by atoms with Gasteiger partial charge in [0.15, 0.2) is 0 Å². The molecular formula is C10H15ClO3. The van der Waals surface area contributed by atoms with Crippen LogP contribution in [0.1, 0.15) is 6.92 Å². The smallest absolute Gasteiger partial charge is 0.333 e. The average molecular weight is 219 g/mol. The Morgan fingerprint density at radius 3 is 2.71 bits per heavy atom. The fraction of sp³-hybridized carbons (Fsp3) is 0.500. The van der Waals surface area contributed by atoms with Gasteiger partial charge in [0.2, 0.25) is 0 Å². The summed E-state index contributed by atoms with van der Waals surface area (Å²) in [5.41, 5.74) is 0.362. The summed E-state index contributed by atoms with van der Waals surface area (Å²) in [6.45, 7) is 9.42. The van der Waals surface area contributed by atoms with Gasteiger partial charge in [-0.25, -0.2) is 4.79 Å². The zero-order valence-electron chi connectivity index (χ0n) is 8.29. The molecule has 0 radical (unpaired) electrons. The van der Waals surface area contributed by atoms with Gasteiger partial charge in [0.05, 0.1) is 18.6 Å². The molecule has 0 aliphatic carbocycles. The van der Waals surface area contributed by atoms with Gasteiger partial charge < -0.3 is 9.47 Å². The molecule has 0 N–H and O–H groups in total. The standard InChI is InChI=1S/C10H15ClO3/c1-4-5-13-6-9(11)7-14-10(12)8(2)3/h4,9H,1-2,5-7H2,3H3. The molecule has 0 aromatic carbocycles. The van der Waals surface area contributed by atoms with E-state index in [4.69, 9.17) is 21.1 Å². The van der Waals surface area contributed by atoms with Crippen molar-refractivity contribution in [3.8, 4) is 0 Å². The molecule has 0 saturated carbocycles. The highest BCUT2D eigenvalue weighted by Gasteiger charge is 2.09. The van der Waals surface area contributed by atoms with Crippen molar-refractivity contribution >= 4 is 17.6 Å². The Morgan fingerprint density at radius 2 is 2.21 bits per heavy atom. The van der Waals surface area contributed by atoms with Gasteiger partial charge in [0.1, 0.15) is 6.61 Å². The van der Waals surface area contributed by atoms with Crippen LogP contribution in [0, 0.1) is 0 Å². The number of hydrogen-bond acceptors (Lipinski definition) is 3. The second-order valence-electron chi connectivity index (χ2n) is 2.80. The fourth-order valence-electron chi connectivity index (χ4n) is 0.617. The van der Waals surface area contributed by atoms with Crippen molar-refractivity contribution in [3.63, 3.8) is 0 Å². The first-order valence-corrected chi connectivity index (χ1v) is 4.67. The van der Waals surface area contributed by atoms with Gasteiger partial charge in [-0.1, -0.05) is 12.7 Å². The first kappa shape index (κ1) is 13.2. The predicted molar refractivity (Wildman–Crippen MR) is 56.4 cm³/mol. The first-order chi connectivity index (χ1) is 6.57. The lowest BCUT2D eigenvalue weighted by atomic mass is 10.4. The fourth-order valence-corrected chi connectivity index (χ4v) is 0.769. The van der Waals surface area contributed by atoms with Crippen molar-refractivity contribution in [2.45, 2.75) is 12.3 Å². The van der Waals surface area contributed by atoms with Gasteiger partial charge in [0, 0.05) is 5.57 Å². The van der Waals surface area contributed by atoms with Crippen molar-refractivity contribution in [2.75, 3.05) is 19.8 Å². The van der Waals surface area contributed by atoms with Crippen molar-refractivity contribution < 1.29 is 14.3 Å². The Balaban J connectivity index is 3.52. The van der Waals surface area contributed by atoms with Gasteiger partial charge >= 0.3 is 5.97 Å². The van der Waals surface area contributed by atoms with Crippen LogP contribution in [0.3, 0.4) is 0 Å². The number of carbonyl (C=O) groups excluding carboxylic acids is 1. The molecule has 0 aromatic heterocycles. The van der Waals surface area contributed by atoms with Crippen LogP contribution in [-0.4, -0.2) is 31.2 Å². The van der Waals surface area contributed by atoms with Gasteiger partial charge in [0.25, 0.3) is 0 Å². The number of hydrogen-bond donors (Lipinski definition) is 0. The normalized spacial score (nSPS) is 11.9. The molecule has 0 saturated heterocycles. The van der Waals surface area contributed by atoms with E-state index in [1.807, 2.05) is 0 Å². The Labute approximate surface area is 89.3 Å². The van der Waals surface area contributed by atoms with Gasteiger partial charge in [-0.05, 0) is 6.92 Å². The average Bonchev–Trinajstić information content (AvgIpc) is 2.14. The molecule has 0 aliphatic rings. The highest BCUT2D eigenvalue weighted by atomic mass is 35.5. The molecule has 0 amide bonds. The van der Waals surface area contributed by atoms with Crippen molar-refractivity contribution in [1.82, 2.24) is 0 Å². The second-order valence-corrected chi connectivity index (χ2v) is 3.42. The minimum absolute atomic E-state index is 0.129. The molecule has 0 rings (SSSR count). The Hall–Kier alpha value is -0.800. The summed E-state index contributed by atoms with van der Waals surface area (Å²) in [6, 6.07) is 0. The summed E-state index contributed by atoms with van der Waals surface area (Å²) in [5.74, 6) is -0.431. The SMILES string of the molecule is C=CCOCC(Cl)COC(=O)C(=C)C. The van der Waals surface area contributed by atoms with Crippen molar-refractivity contribution in [1.29, 1.82) is 0 Å². The van der Waals surface area contributed by atoms with E-state index in [0.717, 1.165) is 0 Å². The molecule has 0 spiro atoms. The monoisotopic (exact) mass is 218 g/mol. The molecule has 14 heavy (non-hydrogen) atoms. The number of carbonyl (C=O) groups is 1. The maximum Gasteiger partial charge on any atom is 0.333 e. The van der Waals surface area contributed by atoms with Crippen LogP contribution in [-0.2, 0) is 14.3 Å². The van der Waals surface area contributed by atoms with E-state index in [1.165, 1.54) is 0 Å². The lowest BCUT2D eigenvalue weighted by molar-refractivity contribution is -0.139. The topological polar surface area (TPSA) is 35.5 Å². The summed E-state index contributed by atoms with van der Waals surface area (Å²) in [5, 5.41) is -0.335. The first-order valence-electron chi connectivity index (χ1n) is 4.23. The molecule has 1 unspecified atom stereocenters. The van der Waals surface area contributed by atoms with Crippen LogP contribution >= 0.6 is 11.6 Å². The highest BCUT2D eigenvalue weighted by Crippen LogP contribution is 2.00. The molecule has 0 aromatic rings. The molecule has 0 bridgehead atoms.